The smallest absolute Gasteiger partial charge is 0.365 e. The van der Waals surface area contributed by atoms with Gasteiger partial charge in [0.25, 0.3) is 0 Å². The minimum absolute atomic E-state index is 0.00228. The Kier molecular flexibility index (Phi) is 4.15. The van der Waals surface area contributed by atoms with Gasteiger partial charge in [-0.2, -0.15) is 0 Å². The Morgan fingerprint density at radius 3 is 2.82 bits per heavy atom. The van der Waals surface area contributed by atoms with Crippen molar-refractivity contribution in [1.82, 2.24) is 0 Å². The maximum absolute atomic E-state index is 11.9. The third-order valence-corrected chi connectivity index (χ3v) is 3.26. The second kappa shape index (κ2) is 5.82. The van der Waals surface area contributed by atoms with Gasteiger partial charge < -0.3 is 10.1 Å². The molecule has 1 aliphatic heterocycles. The second-order valence-electron chi connectivity index (χ2n) is 4.80. The minimum atomic E-state index is -0.0691. The Balaban J connectivity index is 1.81. The van der Waals surface area contributed by atoms with E-state index in [2.05, 4.69) is 12.2 Å². The molecule has 1 fully saturated rings. The quantitative estimate of drug-likeness (QED) is 0.799. The molecule has 0 bridgehead atoms. The molecule has 92 valence electrons. The van der Waals surface area contributed by atoms with Gasteiger partial charge >= 0.3 is 5.97 Å². The summed E-state index contributed by atoms with van der Waals surface area (Å²) in [6, 6.07) is 10.4. The van der Waals surface area contributed by atoms with E-state index in [1.165, 1.54) is 6.42 Å². The lowest BCUT2D eigenvalue weighted by atomic mass is 10.00. The van der Waals surface area contributed by atoms with Crippen molar-refractivity contribution in [3.05, 3.63) is 35.9 Å². The van der Waals surface area contributed by atoms with E-state index in [4.69, 9.17) is 4.74 Å². The highest BCUT2D eigenvalue weighted by molar-refractivity contribution is 5.74. The summed E-state index contributed by atoms with van der Waals surface area (Å²) >= 11 is 0. The number of quaternary nitrogens is 1. The Labute approximate surface area is 102 Å². The maximum atomic E-state index is 11.9. The van der Waals surface area contributed by atoms with E-state index in [-0.39, 0.29) is 12.0 Å². The van der Waals surface area contributed by atoms with Crippen molar-refractivity contribution in [3.8, 4) is 0 Å². The summed E-state index contributed by atoms with van der Waals surface area (Å²) in [6.07, 6.45) is 3.27. The fourth-order valence-corrected chi connectivity index (χ4v) is 2.28. The molecule has 2 atom stereocenters. The highest BCUT2D eigenvalue weighted by atomic mass is 16.5. The van der Waals surface area contributed by atoms with Crippen molar-refractivity contribution >= 4 is 5.97 Å². The molecule has 1 aromatic carbocycles. The van der Waals surface area contributed by atoms with Crippen LogP contribution in [-0.4, -0.2) is 18.1 Å². The summed E-state index contributed by atoms with van der Waals surface area (Å²) in [4.78, 5) is 11.9. The number of carbonyl (C=O) groups is 1. The lowest BCUT2D eigenvalue weighted by molar-refractivity contribution is -0.716. The van der Waals surface area contributed by atoms with Crippen LogP contribution in [0, 0.1) is 0 Å². The van der Waals surface area contributed by atoms with Crippen molar-refractivity contribution in [3.63, 3.8) is 0 Å². The molecule has 1 aromatic rings. The van der Waals surface area contributed by atoms with Crippen LogP contribution in [0.4, 0.5) is 0 Å². The first kappa shape index (κ1) is 12.1. The number of esters is 1. The molecule has 0 aliphatic carbocycles. The van der Waals surface area contributed by atoms with Gasteiger partial charge in [-0.25, -0.2) is 4.79 Å². The number of hydrogen-bond donors (Lipinski definition) is 1. The number of benzene rings is 1. The molecule has 1 saturated heterocycles. The highest BCUT2D eigenvalue weighted by Gasteiger charge is 2.29. The normalized spacial score (nSPS) is 24.3. The number of rotatable bonds is 3. The molecule has 0 aromatic heterocycles. The Morgan fingerprint density at radius 1 is 1.35 bits per heavy atom. The molecule has 3 nitrogen and oxygen atoms in total. The SMILES string of the molecule is C[C@@H]1CCC[C@@H](C(=O)OCc2ccccc2)[NH2+]1. The molecule has 2 N–H and O–H groups in total. The van der Waals surface area contributed by atoms with Crippen LogP contribution < -0.4 is 5.32 Å². The molecule has 3 heteroatoms. The lowest BCUT2D eigenvalue weighted by Gasteiger charge is -2.23. The molecular formula is C14H20NO2+. The number of piperidine rings is 1. The second-order valence-corrected chi connectivity index (χ2v) is 4.80. The summed E-state index contributed by atoms with van der Waals surface area (Å²) in [5.74, 6) is -0.0691. The van der Waals surface area contributed by atoms with E-state index < -0.39 is 0 Å². The van der Waals surface area contributed by atoms with E-state index >= 15 is 0 Å². The molecule has 0 radical (unpaired) electrons. The van der Waals surface area contributed by atoms with Gasteiger partial charge in [0.1, 0.15) is 6.61 Å². The van der Waals surface area contributed by atoms with Crippen LogP contribution in [0.3, 0.4) is 0 Å². The van der Waals surface area contributed by atoms with Crippen LogP contribution >= 0.6 is 0 Å². The van der Waals surface area contributed by atoms with Crippen LogP contribution in [-0.2, 0) is 16.1 Å². The predicted molar refractivity (Wildman–Crippen MR) is 65.3 cm³/mol. The Hall–Kier alpha value is -1.35. The summed E-state index contributed by atoms with van der Waals surface area (Å²) in [7, 11) is 0. The maximum Gasteiger partial charge on any atom is 0.365 e. The molecular weight excluding hydrogens is 214 g/mol. The van der Waals surface area contributed by atoms with E-state index in [0.717, 1.165) is 18.4 Å². The first-order valence-electron chi connectivity index (χ1n) is 6.31. The average molecular weight is 234 g/mol. The van der Waals surface area contributed by atoms with Crippen LogP contribution in [0.1, 0.15) is 31.7 Å². The van der Waals surface area contributed by atoms with Crippen LogP contribution in [0.25, 0.3) is 0 Å². The van der Waals surface area contributed by atoms with Crippen molar-refractivity contribution in [2.45, 2.75) is 44.9 Å². The van der Waals surface area contributed by atoms with Crippen molar-refractivity contribution < 1.29 is 14.8 Å². The monoisotopic (exact) mass is 234 g/mol. The molecule has 1 aliphatic rings. The lowest BCUT2D eigenvalue weighted by Crippen LogP contribution is -2.97. The zero-order valence-corrected chi connectivity index (χ0v) is 10.3. The van der Waals surface area contributed by atoms with Gasteiger partial charge in [0.05, 0.1) is 6.04 Å². The third-order valence-electron chi connectivity index (χ3n) is 3.26. The summed E-state index contributed by atoms with van der Waals surface area (Å²) in [6.45, 7) is 2.55. The van der Waals surface area contributed by atoms with Crippen LogP contribution in [0.2, 0.25) is 0 Å². The van der Waals surface area contributed by atoms with Crippen LogP contribution in [0.15, 0.2) is 30.3 Å². The Morgan fingerprint density at radius 2 is 2.12 bits per heavy atom. The zero-order valence-electron chi connectivity index (χ0n) is 10.3. The predicted octanol–water partition coefficient (Wildman–Crippen LogP) is 1.23. The highest BCUT2D eigenvalue weighted by Crippen LogP contribution is 2.08. The largest absolute Gasteiger partial charge is 0.456 e. The first-order valence-corrected chi connectivity index (χ1v) is 6.31. The van der Waals surface area contributed by atoms with E-state index in [1.807, 2.05) is 30.3 Å². The molecule has 0 saturated carbocycles. The fourth-order valence-electron chi connectivity index (χ4n) is 2.28. The standard InChI is InChI=1S/C14H19NO2/c1-11-6-5-9-13(15-11)14(16)17-10-12-7-3-2-4-8-12/h2-4,7-8,11,13,15H,5-6,9-10H2,1H3/p+1/t11-,13+/m1/s1. The Bertz CT molecular complexity index is 364. The first-order chi connectivity index (χ1) is 8.25. The van der Waals surface area contributed by atoms with Crippen molar-refractivity contribution in [1.29, 1.82) is 0 Å². The van der Waals surface area contributed by atoms with Gasteiger partial charge in [0.2, 0.25) is 0 Å². The molecule has 0 unspecified atom stereocenters. The molecule has 1 heterocycles. The van der Waals surface area contributed by atoms with Gasteiger partial charge in [-0.1, -0.05) is 30.3 Å². The number of ether oxygens (including phenoxy) is 1. The minimum Gasteiger partial charge on any atom is -0.456 e. The third kappa shape index (κ3) is 3.56. The van der Waals surface area contributed by atoms with Gasteiger partial charge in [0.15, 0.2) is 6.04 Å². The van der Waals surface area contributed by atoms with E-state index in [1.54, 1.807) is 0 Å². The molecule has 0 spiro atoms. The van der Waals surface area contributed by atoms with Crippen LogP contribution in [0.5, 0.6) is 0 Å². The fraction of sp³-hybridized carbons (Fsp3) is 0.500. The number of carbonyl (C=O) groups excluding carboxylic acids is 1. The van der Waals surface area contributed by atoms with E-state index in [9.17, 15) is 4.79 Å². The molecule has 0 amide bonds. The van der Waals surface area contributed by atoms with Crippen molar-refractivity contribution in [2.75, 3.05) is 0 Å². The summed E-state index contributed by atoms with van der Waals surface area (Å²) in [5, 5.41) is 2.14. The van der Waals surface area contributed by atoms with Gasteiger partial charge in [0, 0.05) is 6.42 Å². The van der Waals surface area contributed by atoms with Crippen molar-refractivity contribution in [2.24, 2.45) is 0 Å². The molecule has 2 rings (SSSR count). The number of nitrogens with two attached hydrogens (primary N) is 1. The summed E-state index contributed by atoms with van der Waals surface area (Å²) in [5.41, 5.74) is 1.05. The zero-order chi connectivity index (χ0) is 12.1. The molecule has 17 heavy (non-hydrogen) atoms. The number of hydrogen-bond acceptors (Lipinski definition) is 2. The van der Waals surface area contributed by atoms with Gasteiger partial charge in [-0.15, -0.1) is 0 Å². The topological polar surface area (TPSA) is 42.9 Å². The summed E-state index contributed by atoms with van der Waals surface area (Å²) < 4.78 is 5.35. The average Bonchev–Trinajstić information content (AvgIpc) is 2.37. The van der Waals surface area contributed by atoms with Gasteiger partial charge in [-0.3, -0.25) is 0 Å². The van der Waals surface area contributed by atoms with Gasteiger partial charge in [-0.05, 0) is 25.3 Å². The van der Waals surface area contributed by atoms with E-state index in [0.29, 0.717) is 12.6 Å².